The molecule has 0 aliphatic heterocycles. The monoisotopic (exact) mass is 248 g/mol. The van der Waals surface area contributed by atoms with Gasteiger partial charge in [-0.1, -0.05) is 40.8 Å². The molecule has 0 spiro atoms. The highest BCUT2D eigenvalue weighted by molar-refractivity contribution is 14.1. The molecule has 0 heterocycles. The second-order valence-electron chi connectivity index (χ2n) is 1.95. The van der Waals surface area contributed by atoms with Crippen molar-refractivity contribution in [2.75, 3.05) is 7.11 Å². The number of methoxy groups -OCH3 is 1. The summed E-state index contributed by atoms with van der Waals surface area (Å²) in [6, 6.07) is 8.06. The molecule has 1 aromatic rings. The number of ether oxygens (including phenoxy) is 1. The molecular weight excluding hydrogens is 239 g/mol. The average Bonchev–Trinajstić information content (AvgIpc) is 2.04. The van der Waals surface area contributed by atoms with Crippen LogP contribution in [0.4, 0.5) is 0 Å². The third-order valence-electron chi connectivity index (χ3n) is 1.34. The summed E-state index contributed by atoms with van der Waals surface area (Å²) in [6.07, 6.45) is 0. The minimum Gasteiger partial charge on any atom is -0.496 e. The van der Waals surface area contributed by atoms with Crippen LogP contribution in [0.15, 0.2) is 24.3 Å². The van der Waals surface area contributed by atoms with Crippen molar-refractivity contribution in [3.63, 3.8) is 0 Å². The molecule has 0 amide bonds. The maximum atomic E-state index is 5.13. The lowest BCUT2D eigenvalue weighted by Gasteiger charge is -2.03. The summed E-state index contributed by atoms with van der Waals surface area (Å²) >= 11 is 2.32. The molecule has 0 saturated carbocycles. The van der Waals surface area contributed by atoms with Crippen LogP contribution in [0.1, 0.15) is 5.56 Å². The highest BCUT2D eigenvalue weighted by Gasteiger charge is 1.96. The molecule has 1 aromatic carbocycles. The summed E-state index contributed by atoms with van der Waals surface area (Å²) < 4.78 is 6.13. The summed E-state index contributed by atoms with van der Waals surface area (Å²) in [5.74, 6) is 0.983. The van der Waals surface area contributed by atoms with Crippen molar-refractivity contribution in [2.45, 2.75) is 4.43 Å². The van der Waals surface area contributed by atoms with Gasteiger partial charge in [-0.15, -0.1) is 0 Å². The predicted octanol–water partition coefficient (Wildman–Crippen LogP) is 2.63. The lowest BCUT2D eigenvalue weighted by atomic mass is 10.2. The largest absolute Gasteiger partial charge is 0.496 e. The molecule has 0 aliphatic carbocycles. The molecule has 0 aliphatic rings. The van der Waals surface area contributed by atoms with Crippen LogP contribution < -0.4 is 4.74 Å². The van der Waals surface area contributed by atoms with Crippen LogP contribution in [0.5, 0.6) is 5.75 Å². The quantitative estimate of drug-likeness (QED) is 0.577. The Bertz CT molecular complexity index is 187. The number of benzene rings is 1. The summed E-state index contributed by atoms with van der Waals surface area (Å²) in [4.78, 5) is 0. The number of alkyl halides is 1. The van der Waals surface area contributed by atoms with Crippen LogP contribution in [-0.2, 0) is 4.43 Å². The van der Waals surface area contributed by atoms with Crippen molar-refractivity contribution in [2.24, 2.45) is 0 Å². The maximum Gasteiger partial charge on any atom is 0.122 e. The van der Waals surface area contributed by atoms with Gasteiger partial charge in [-0.25, -0.2) is 0 Å². The first kappa shape index (κ1) is 7.85. The first-order valence-corrected chi connectivity index (χ1v) is 4.59. The summed E-state index contributed by atoms with van der Waals surface area (Å²) in [6.45, 7) is 0. The third kappa shape index (κ3) is 1.62. The number of rotatable bonds is 2. The van der Waals surface area contributed by atoms with Gasteiger partial charge in [0.15, 0.2) is 0 Å². The van der Waals surface area contributed by atoms with Crippen molar-refractivity contribution in [1.82, 2.24) is 0 Å². The van der Waals surface area contributed by atoms with Crippen LogP contribution in [0, 0.1) is 0 Å². The Morgan fingerprint density at radius 3 is 2.60 bits per heavy atom. The molecule has 0 saturated heterocycles. The molecule has 0 aromatic heterocycles. The van der Waals surface area contributed by atoms with E-state index in [0.29, 0.717) is 0 Å². The van der Waals surface area contributed by atoms with E-state index in [1.807, 2.05) is 18.2 Å². The van der Waals surface area contributed by atoms with Crippen molar-refractivity contribution in [1.29, 1.82) is 0 Å². The van der Waals surface area contributed by atoms with E-state index in [1.54, 1.807) is 7.11 Å². The Labute approximate surface area is 74.5 Å². The Hall–Kier alpha value is -0.250. The highest BCUT2D eigenvalue weighted by Crippen LogP contribution is 2.19. The van der Waals surface area contributed by atoms with E-state index in [-0.39, 0.29) is 0 Å². The van der Waals surface area contributed by atoms with Gasteiger partial charge in [0, 0.05) is 9.99 Å². The molecule has 54 valence electrons. The SMILES string of the molecule is COc1ccccc1CI. The fraction of sp³-hybridized carbons (Fsp3) is 0.250. The molecular formula is C8H9IO. The van der Waals surface area contributed by atoms with E-state index in [9.17, 15) is 0 Å². The Morgan fingerprint density at radius 1 is 1.40 bits per heavy atom. The van der Waals surface area contributed by atoms with Gasteiger partial charge in [0.1, 0.15) is 5.75 Å². The molecule has 0 bridgehead atoms. The normalized spacial score (nSPS) is 9.40. The fourth-order valence-electron chi connectivity index (χ4n) is 0.813. The number of hydrogen-bond donors (Lipinski definition) is 0. The lowest BCUT2D eigenvalue weighted by molar-refractivity contribution is 0.411. The molecule has 0 N–H and O–H groups in total. The van der Waals surface area contributed by atoms with Gasteiger partial charge < -0.3 is 4.74 Å². The zero-order valence-corrected chi connectivity index (χ0v) is 7.96. The van der Waals surface area contributed by atoms with E-state index in [0.717, 1.165) is 10.2 Å². The molecule has 1 rings (SSSR count). The van der Waals surface area contributed by atoms with Crippen LogP contribution in [-0.4, -0.2) is 7.11 Å². The second-order valence-corrected chi connectivity index (χ2v) is 2.71. The number of halogens is 1. The zero-order valence-electron chi connectivity index (χ0n) is 5.80. The highest BCUT2D eigenvalue weighted by atomic mass is 127. The first-order chi connectivity index (χ1) is 4.88. The molecule has 10 heavy (non-hydrogen) atoms. The van der Waals surface area contributed by atoms with Gasteiger partial charge >= 0.3 is 0 Å². The summed E-state index contributed by atoms with van der Waals surface area (Å²) in [5, 5.41) is 0. The minimum atomic E-state index is 0.983. The van der Waals surface area contributed by atoms with E-state index in [1.165, 1.54) is 5.56 Å². The summed E-state index contributed by atoms with van der Waals surface area (Å²) in [5.41, 5.74) is 1.26. The topological polar surface area (TPSA) is 9.23 Å². The fourth-order valence-corrected chi connectivity index (χ4v) is 1.44. The third-order valence-corrected chi connectivity index (χ3v) is 2.16. The minimum absolute atomic E-state index is 0.983. The standard InChI is InChI=1S/C8H9IO/c1-10-8-5-3-2-4-7(8)6-9/h2-5H,6H2,1H3. The van der Waals surface area contributed by atoms with Crippen LogP contribution in [0.25, 0.3) is 0 Å². The van der Waals surface area contributed by atoms with E-state index < -0.39 is 0 Å². The van der Waals surface area contributed by atoms with Crippen molar-refractivity contribution in [3.05, 3.63) is 29.8 Å². The molecule has 1 nitrogen and oxygen atoms in total. The smallest absolute Gasteiger partial charge is 0.122 e. The van der Waals surface area contributed by atoms with Gasteiger partial charge in [-0.2, -0.15) is 0 Å². The second kappa shape index (κ2) is 3.81. The maximum absolute atomic E-state index is 5.13. The van der Waals surface area contributed by atoms with Gasteiger partial charge in [0.25, 0.3) is 0 Å². The van der Waals surface area contributed by atoms with Crippen molar-refractivity contribution >= 4 is 22.6 Å². The summed E-state index contributed by atoms with van der Waals surface area (Å²) in [7, 11) is 1.70. The van der Waals surface area contributed by atoms with Crippen LogP contribution in [0.2, 0.25) is 0 Å². The Kier molecular flexibility index (Phi) is 2.99. The molecule has 2 heteroatoms. The van der Waals surface area contributed by atoms with Gasteiger partial charge in [-0.3, -0.25) is 0 Å². The first-order valence-electron chi connectivity index (χ1n) is 3.06. The zero-order chi connectivity index (χ0) is 7.40. The Morgan fingerprint density at radius 2 is 2.10 bits per heavy atom. The molecule has 0 atom stereocenters. The Balaban J connectivity index is 2.96. The predicted molar refractivity (Wildman–Crippen MR) is 50.7 cm³/mol. The lowest BCUT2D eigenvalue weighted by Crippen LogP contribution is -1.87. The van der Waals surface area contributed by atoms with Crippen molar-refractivity contribution in [3.8, 4) is 5.75 Å². The van der Waals surface area contributed by atoms with Crippen LogP contribution in [0.3, 0.4) is 0 Å². The number of hydrogen-bond acceptors (Lipinski definition) is 1. The van der Waals surface area contributed by atoms with E-state index >= 15 is 0 Å². The van der Waals surface area contributed by atoms with Gasteiger partial charge in [-0.05, 0) is 6.07 Å². The molecule has 0 unspecified atom stereocenters. The van der Waals surface area contributed by atoms with E-state index in [4.69, 9.17) is 4.74 Å². The molecule has 0 radical (unpaired) electrons. The average molecular weight is 248 g/mol. The van der Waals surface area contributed by atoms with E-state index in [2.05, 4.69) is 28.7 Å². The van der Waals surface area contributed by atoms with Gasteiger partial charge in [0.2, 0.25) is 0 Å². The van der Waals surface area contributed by atoms with Crippen molar-refractivity contribution < 1.29 is 4.74 Å². The number of para-hydroxylation sites is 1. The van der Waals surface area contributed by atoms with Gasteiger partial charge in [0.05, 0.1) is 7.11 Å². The molecule has 0 fully saturated rings. The van der Waals surface area contributed by atoms with Crippen LogP contribution >= 0.6 is 22.6 Å².